The predicted octanol–water partition coefficient (Wildman–Crippen LogP) is -0.886. The van der Waals surface area contributed by atoms with E-state index in [-0.39, 0.29) is 0 Å². The van der Waals surface area contributed by atoms with E-state index in [9.17, 15) is 0 Å². The monoisotopic (exact) mass is 132 g/mol. The van der Waals surface area contributed by atoms with Crippen molar-refractivity contribution in [1.29, 1.82) is 0 Å². The van der Waals surface area contributed by atoms with Crippen LogP contribution >= 0.6 is 0 Å². The molecule has 5 nitrogen and oxygen atoms in total. The summed E-state index contributed by atoms with van der Waals surface area (Å²) in [7, 11) is 0. The molecule has 0 aromatic heterocycles. The van der Waals surface area contributed by atoms with Crippen LogP contribution in [0.5, 0.6) is 0 Å². The summed E-state index contributed by atoms with van der Waals surface area (Å²) in [4.78, 5) is 0. The van der Waals surface area contributed by atoms with Crippen molar-refractivity contribution in [3.63, 3.8) is 0 Å². The molecule has 0 unspecified atom stereocenters. The van der Waals surface area contributed by atoms with Gasteiger partial charge in [0.2, 0.25) is 0 Å². The van der Waals surface area contributed by atoms with Crippen LogP contribution in [0.25, 0.3) is 0 Å². The summed E-state index contributed by atoms with van der Waals surface area (Å²) < 4.78 is 16.9. The fraction of sp³-hybridized carbons (Fsp3) is 0. The molecule has 6 heavy (non-hydrogen) atoms. The van der Waals surface area contributed by atoms with Gasteiger partial charge in [-0.2, -0.15) is 0 Å². The molecule has 0 heterocycles. The molecular formula is H3NO4V. The van der Waals surface area contributed by atoms with Crippen molar-refractivity contribution < 1.29 is 33.9 Å². The molecule has 0 aliphatic rings. The third-order valence-corrected chi connectivity index (χ3v) is 0. The van der Waals surface area contributed by atoms with Crippen LogP contribution in [0.3, 0.4) is 0 Å². The molecule has 0 amide bonds. The Hall–Kier alpha value is 0.0644. The summed E-state index contributed by atoms with van der Waals surface area (Å²) in [6, 6.07) is 0. The van der Waals surface area contributed by atoms with Crippen molar-refractivity contribution in [1.82, 2.24) is 5.64 Å². The van der Waals surface area contributed by atoms with E-state index in [2.05, 4.69) is 0 Å². The average Bonchev–Trinajstić information content (AvgIpc) is 1.39. The second kappa shape index (κ2) is 19.6. The topological polar surface area (TPSA) is 86.6 Å². The van der Waals surface area contributed by atoms with Gasteiger partial charge in [-0.15, -0.1) is 0 Å². The molecular weight excluding hydrogens is 129 g/mol. The van der Waals surface area contributed by atoms with Crippen molar-refractivity contribution in [2.75, 3.05) is 0 Å². The van der Waals surface area contributed by atoms with Crippen molar-refractivity contribution in [3.05, 3.63) is 0 Å². The fourth-order valence-corrected chi connectivity index (χ4v) is 0. The summed E-state index contributed by atoms with van der Waals surface area (Å²) in [5.41, 5.74) is 0.750. The molecule has 37 valence electrons. The van der Waals surface area contributed by atoms with Gasteiger partial charge in [0.15, 0.2) is 0 Å². The van der Waals surface area contributed by atoms with E-state index in [0.29, 0.717) is 0 Å². The zero-order chi connectivity index (χ0) is 5.41. The van der Waals surface area contributed by atoms with Crippen molar-refractivity contribution in [3.8, 4) is 0 Å². The summed E-state index contributed by atoms with van der Waals surface area (Å²) in [6.45, 7) is 0. The molecule has 6 heteroatoms. The van der Waals surface area contributed by atoms with Crippen LogP contribution in [0.2, 0.25) is 0 Å². The first-order chi connectivity index (χ1) is 2.83. The second-order valence-electron chi connectivity index (χ2n) is 0.175. The summed E-state index contributed by atoms with van der Waals surface area (Å²) in [5, 5.41) is 13.8. The molecule has 0 atom stereocenters. The Bertz CT molecular complexity index is 36.8. The summed E-state index contributed by atoms with van der Waals surface area (Å²) >= 11 is -1.81. The van der Waals surface area contributed by atoms with Crippen LogP contribution in [0, 0.1) is 0 Å². The van der Waals surface area contributed by atoms with Gasteiger partial charge in [0, 0.05) is 0 Å². The van der Waals surface area contributed by atoms with Gasteiger partial charge in [0.05, 0.1) is 0 Å². The Labute approximate surface area is 40.4 Å². The molecule has 0 aromatic carbocycles. The molecule has 0 saturated carbocycles. The molecule has 0 aliphatic carbocycles. The number of nitrogens with one attached hydrogen (secondary N) is 1. The van der Waals surface area contributed by atoms with Gasteiger partial charge in [-0.25, -0.2) is 0 Å². The molecule has 0 spiro atoms. The van der Waals surface area contributed by atoms with Crippen LogP contribution in [0.15, 0.2) is 0 Å². The van der Waals surface area contributed by atoms with Gasteiger partial charge in [-0.3, -0.25) is 10.4 Å². The van der Waals surface area contributed by atoms with Crippen molar-refractivity contribution >= 4 is 0 Å². The quantitative estimate of drug-likeness (QED) is 0.372. The van der Waals surface area contributed by atoms with E-state index in [4.69, 9.17) is 17.8 Å². The van der Waals surface area contributed by atoms with Crippen LogP contribution in [-0.4, -0.2) is 10.4 Å². The second-order valence-corrected chi connectivity index (χ2v) is 0.407. The standard InChI is InChI=1S/H3NO2.2O.V/c2-1-3;;;/h1-3H;;;. The minimum absolute atomic E-state index is 0.750. The third kappa shape index (κ3) is 9200. The molecule has 0 aromatic rings. The van der Waals surface area contributed by atoms with Gasteiger partial charge in [0.1, 0.15) is 0 Å². The Balaban J connectivity index is 0. The van der Waals surface area contributed by atoms with Gasteiger partial charge in [0.25, 0.3) is 0 Å². The van der Waals surface area contributed by atoms with E-state index < -0.39 is 16.2 Å². The molecule has 0 saturated heterocycles. The molecule has 0 aliphatic heterocycles. The average molecular weight is 132 g/mol. The maximum atomic E-state index is 8.47. The zero-order valence-electron chi connectivity index (χ0n) is 2.66. The minimum atomic E-state index is -1.81. The van der Waals surface area contributed by atoms with Crippen molar-refractivity contribution in [2.24, 2.45) is 0 Å². The normalized spacial score (nSPS) is 4.33. The molecule has 0 bridgehead atoms. The van der Waals surface area contributed by atoms with Gasteiger partial charge in [-0.05, 0) is 0 Å². The molecule has 0 radical (unpaired) electrons. The Kier molecular flexibility index (Phi) is 30.8. The first-order valence-corrected chi connectivity index (χ1v) is 1.95. The SMILES string of the molecule is ONO.[O]=[V]=[O]. The van der Waals surface area contributed by atoms with Crippen LogP contribution in [-0.2, 0) is 23.5 Å². The molecule has 0 fully saturated rings. The van der Waals surface area contributed by atoms with E-state index >= 15 is 0 Å². The number of rotatable bonds is 0. The zero-order valence-corrected chi connectivity index (χ0v) is 4.05. The van der Waals surface area contributed by atoms with Gasteiger partial charge in [-0.1, -0.05) is 5.64 Å². The van der Waals surface area contributed by atoms with E-state index in [0.717, 1.165) is 5.64 Å². The predicted molar refractivity (Wildman–Crippen MR) is 8.08 cm³/mol. The van der Waals surface area contributed by atoms with E-state index in [1.54, 1.807) is 0 Å². The van der Waals surface area contributed by atoms with Gasteiger partial charge < -0.3 is 0 Å². The number of hydrogen-bond acceptors (Lipinski definition) is 5. The molecule has 3 N–H and O–H groups in total. The number of hydrogen-bond donors (Lipinski definition) is 3. The Morgan fingerprint density at radius 2 is 1.33 bits per heavy atom. The van der Waals surface area contributed by atoms with Crippen LogP contribution < -0.4 is 5.64 Å². The third-order valence-electron chi connectivity index (χ3n) is 0. The van der Waals surface area contributed by atoms with Crippen LogP contribution in [0.4, 0.5) is 0 Å². The van der Waals surface area contributed by atoms with Gasteiger partial charge >= 0.3 is 23.5 Å². The molecule has 0 rings (SSSR count). The van der Waals surface area contributed by atoms with Crippen LogP contribution in [0.1, 0.15) is 0 Å². The maximum absolute atomic E-state index is 8.47. The summed E-state index contributed by atoms with van der Waals surface area (Å²) in [6.07, 6.45) is 0. The van der Waals surface area contributed by atoms with E-state index in [1.807, 2.05) is 0 Å². The first-order valence-electron chi connectivity index (χ1n) is 0.812. The Morgan fingerprint density at radius 3 is 1.33 bits per heavy atom. The first kappa shape index (κ1) is 9.42. The van der Waals surface area contributed by atoms with Crippen molar-refractivity contribution in [2.45, 2.75) is 0 Å². The Morgan fingerprint density at radius 1 is 1.33 bits per heavy atom. The summed E-state index contributed by atoms with van der Waals surface area (Å²) in [5.74, 6) is 0. The fourth-order valence-electron chi connectivity index (χ4n) is 0. The van der Waals surface area contributed by atoms with E-state index in [1.165, 1.54) is 0 Å².